The van der Waals surface area contributed by atoms with E-state index >= 15 is 0 Å². The Hall–Kier alpha value is -0.910. The summed E-state index contributed by atoms with van der Waals surface area (Å²) in [7, 11) is 0. The van der Waals surface area contributed by atoms with Crippen molar-refractivity contribution in [1.29, 1.82) is 0 Å². The fourth-order valence-electron chi connectivity index (χ4n) is 1.54. The van der Waals surface area contributed by atoms with Gasteiger partial charge >= 0.3 is 0 Å². The number of benzene rings is 1. The standard InChI is InChI=1S/C13H12BrNOS2/c14-9-3-4-12(11(8-9)13(15)17)16-6-5-10-2-1-7-18-10/h1-4,7-8H,5-6H2,(H2,15,17). The Morgan fingerprint density at radius 1 is 1.39 bits per heavy atom. The molecule has 1 aromatic heterocycles. The van der Waals surface area contributed by atoms with E-state index in [1.807, 2.05) is 24.3 Å². The van der Waals surface area contributed by atoms with Gasteiger partial charge in [0.15, 0.2) is 0 Å². The Balaban J connectivity index is 2.02. The van der Waals surface area contributed by atoms with Crippen LogP contribution in [0.15, 0.2) is 40.2 Å². The zero-order chi connectivity index (χ0) is 13.0. The Morgan fingerprint density at radius 2 is 2.22 bits per heavy atom. The van der Waals surface area contributed by atoms with Crippen LogP contribution in [-0.4, -0.2) is 11.6 Å². The molecule has 0 radical (unpaired) electrons. The molecule has 0 aliphatic heterocycles. The second kappa shape index (κ2) is 6.31. The second-order valence-electron chi connectivity index (χ2n) is 3.68. The number of ether oxygens (including phenoxy) is 1. The third-order valence-electron chi connectivity index (χ3n) is 2.39. The third-order valence-corrected chi connectivity index (χ3v) is 4.04. The maximum atomic E-state index is 5.75. The lowest BCUT2D eigenvalue weighted by molar-refractivity contribution is 0.322. The fourth-order valence-corrected chi connectivity index (χ4v) is 2.75. The van der Waals surface area contributed by atoms with Crippen molar-refractivity contribution in [2.45, 2.75) is 6.42 Å². The van der Waals surface area contributed by atoms with Crippen LogP contribution in [0.2, 0.25) is 0 Å². The first kappa shape index (κ1) is 13.5. The zero-order valence-corrected chi connectivity index (χ0v) is 12.8. The SMILES string of the molecule is NC(=S)c1cc(Br)ccc1OCCc1cccs1. The molecule has 1 aromatic carbocycles. The first-order chi connectivity index (χ1) is 8.66. The van der Waals surface area contributed by atoms with Crippen LogP contribution in [0.3, 0.4) is 0 Å². The van der Waals surface area contributed by atoms with E-state index in [9.17, 15) is 0 Å². The van der Waals surface area contributed by atoms with Gasteiger partial charge < -0.3 is 10.5 Å². The molecule has 94 valence electrons. The molecule has 5 heteroatoms. The van der Waals surface area contributed by atoms with Gasteiger partial charge in [-0.1, -0.05) is 34.2 Å². The van der Waals surface area contributed by atoms with Crippen molar-refractivity contribution in [2.75, 3.05) is 6.61 Å². The van der Waals surface area contributed by atoms with Gasteiger partial charge in [0, 0.05) is 15.8 Å². The summed E-state index contributed by atoms with van der Waals surface area (Å²) >= 11 is 10.1. The van der Waals surface area contributed by atoms with Crippen LogP contribution in [-0.2, 0) is 6.42 Å². The molecule has 0 saturated heterocycles. The van der Waals surface area contributed by atoms with Crippen molar-refractivity contribution in [2.24, 2.45) is 5.73 Å². The first-order valence-electron chi connectivity index (χ1n) is 5.41. The van der Waals surface area contributed by atoms with Crippen molar-refractivity contribution in [3.05, 3.63) is 50.6 Å². The van der Waals surface area contributed by atoms with Gasteiger partial charge in [-0.2, -0.15) is 0 Å². The summed E-state index contributed by atoms with van der Waals surface area (Å²) in [6, 6.07) is 9.82. The van der Waals surface area contributed by atoms with Gasteiger partial charge in [0.05, 0.1) is 12.2 Å². The topological polar surface area (TPSA) is 35.2 Å². The van der Waals surface area contributed by atoms with Gasteiger partial charge in [-0.3, -0.25) is 0 Å². The molecule has 0 aliphatic rings. The summed E-state index contributed by atoms with van der Waals surface area (Å²) in [5.41, 5.74) is 6.45. The van der Waals surface area contributed by atoms with Crippen LogP contribution in [0, 0.1) is 0 Å². The Kier molecular flexibility index (Phi) is 4.74. The van der Waals surface area contributed by atoms with E-state index in [1.54, 1.807) is 11.3 Å². The van der Waals surface area contributed by atoms with E-state index in [0.29, 0.717) is 11.6 Å². The minimum absolute atomic E-state index is 0.349. The molecule has 2 rings (SSSR count). The number of thiophene rings is 1. The Bertz CT molecular complexity index is 540. The van der Waals surface area contributed by atoms with Crippen LogP contribution in [0.25, 0.3) is 0 Å². The van der Waals surface area contributed by atoms with Gasteiger partial charge in [-0.05, 0) is 29.6 Å². The maximum Gasteiger partial charge on any atom is 0.129 e. The van der Waals surface area contributed by atoms with Crippen molar-refractivity contribution in [3.63, 3.8) is 0 Å². The van der Waals surface area contributed by atoms with Crippen LogP contribution >= 0.6 is 39.5 Å². The Labute approximate surface area is 124 Å². The zero-order valence-electron chi connectivity index (χ0n) is 9.56. The number of hydrogen-bond donors (Lipinski definition) is 1. The van der Waals surface area contributed by atoms with Crippen LogP contribution in [0.4, 0.5) is 0 Å². The number of rotatable bonds is 5. The van der Waals surface area contributed by atoms with E-state index in [-0.39, 0.29) is 0 Å². The third kappa shape index (κ3) is 3.54. The molecular weight excluding hydrogens is 330 g/mol. The predicted octanol–water partition coefficient (Wildman–Crippen LogP) is 3.77. The van der Waals surface area contributed by atoms with Crippen molar-refractivity contribution in [1.82, 2.24) is 0 Å². The average Bonchev–Trinajstić information content (AvgIpc) is 2.84. The molecule has 0 bridgehead atoms. The number of nitrogens with two attached hydrogens (primary N) is 1. The van der Waals surface area contributed by atoms with Crippen molar-refractivity contribution < 1.29 is 4.74 Å². The molecule has 1 heterocycles. The minimum Gasteiger partial charge on any atom is -0.492 e. The number of hydrogen-bond acceptors (Lipinski definition) is 3. The summed E-state index contributed by atoms with van der Waals surface area (Å²) in [6.07, 6.45) is 0.893. The van der Waals surface area contributed by atoms with Crippen LogP contribution in [0.1, 0.15) is 10.4 Å². The molecule has 0 aliphatic carbocycles. The lowest BCUT2D eigenvalue weighted by Crippen LogP contribution is -2.12. The van der Waals surface area contributed by atoms with Gasteiger partial charge in [0.25, 0.3) is 0 Å². The fraction of sp³-hybridized carbons (Fsp3) is 0.154. The molecule has 0 saturated carbocycles. The molecule has 2 N–H and O–H groups in total. The number of thiocarbonyl (C=S) groups is 1. The van der Waals surface area contributed by atoms with Gasteiger partial charge in [0.2, 0.25) is 0 Å². The molecule has 0 atom stereocenters. The Morgan fingerprint density at radius 3 is 2.89 bits per heavy atom. The van der Waals surface area contributed by atoms with E-state index in [4.69, 9.17) is 22.7 Å². The highest BCUT2D eigenvalue weighted by atomic mass is 79.9. The molecule has 0 unspecified atom stereocenters. The highest BCUT2D eigenvalue weighted by Gasteiger charge is 2.07. The van der Waals surface area contributed by atoms with Gasteiger partial charge in [-0.25, -0.2) is 0 Å². The monoisotopic (exact) mass is 341 g/mol. The lowest BCUT2D eigenvalue weighted by Gasteiger charge is -2.10. The molecule has 2 aromatic rings. The van der Waals surface area contributed by atoms with Gasteiger partial charge in [-0.15, -0.1) is 11.3 Å². The summed E-state index contributed by atoms with van der Waals surface area (Å²) in [4.78, 5) is 1.66. The van der Waals surface area contributed by atoms with E-state index in [0.717, 1.165) is 22.2 Å². The summed E-state index contributed by atoms with van der Waals surface area (Å²) in [5.74, 6) is 0.738. The molecular formula is C13H12BrNOS2. The van der Waals surface area contributed by atoms with E-state index < -0.39 is 0 Å². The number of halogens is 1. The summed E-state index contributed by atoms with van der Waals surface area (Å²) < 4.78 is 6.69. The summed E-state index contributed by atoms with van der Waals surface area (Å²) in [5, 5.41) is 2.06. The molecule has 18 heavy (non-hydrogen) atoms. The second-order valence-corrected chi connectivity index (χ2v) is 6.07. The highest BCUT2D eigenvalue weighted by molar-refractivity contribution is 9.10. The lowest BCUT2D eigenvalue weighted by atomic mass is 10.2. The minimum atomic E-state index is 0.349. The van der Waals surface area contributed by atoms with E-state index in [2.05, 4.69) is 27.4 Å². The maximum absolute atomic E-state index is 5.75. The van der Waals surface area contributed by atoms with Gasteiger partial charge in [0.1, 0.15) is 10.7 Å². The van der Waals surface area contributed by atoms with Crippen molar-refractivity contribution in [3.8, 4) is 5.75 Å². The molecule has 0 fully saturated rings. The van der Waals surface area contributed by atoms with Crippen LogP contribution < -0.4 is 10.5 Å². The van der Waals surface area contributed by atoms with Crippen LogP contribution in [0.5, 0.6) is 5.75 Å². The van der Waals surface area contributed by atoms with E-state index in [1.165, 1.54) is 4.88 Å². The van der Waals surface area contributed by atoms with Crippen molar-refractivity contribution >= 4 is 44.5 Å². The average molecular weight is 342 g/mol. The summed E-state index contributed by atoms with van der Waals surface area (Å²) in [6.45, 7) is 0.623. The predicted molar refractivity (Wildman–Crippen MR) is 83.5 cm³/mol. The quantitative estimate of drug-likeness (QED) is 0.841. The largest absolute Gasteiger partial charge is 0.492 e. The molecule has 0 spiro atoms. The molecule has 0 amide bonds. The highest BCUT2D eigenvalue weighted by Crippen LogP contribution is 2.23. The normalized spacial score (nSPS) is 10.3. The molecule has 2 nitrogen and oxygen atoms in total. The first-order valence-corrected chi connectivity index (χ1v) is 7.49. The smallest absolute Gasteiger partial charge is 0.129 e.